The Hall–Kier alpha value is -3.04. The number of nitrogens with one attached hydrogen (secondary N) is 2. The van der Waals surface area contributed by atoms with Crippen LogP contribution in [-0.2, 0) is 6.54 Å². The topological polar surface area (TPSA) is 85.2 Å². The number of amides is 3. The number of hydrogen-bond donors (Lipinski definition) is 2. The van der Waals surface area contributed by atoms with Crippen LogP contribution in [0.5, 0.6) is 0 Å². The molecule has 0 aromatic heterocycles. The van der Waals surface area contributed by atoms with Crippen LogP contribution in [0, 0.1) is 11.3 Å². The van der Waals surface area contributed by atoms with Gasteiger partial charge in [0.1, 0.15) is 6.07 Å². The summed E-state index contributed by atoms with van der Waals surface area (Å²) >= 11 is 5.96. The third kappa shape index (κ3) is 4.78. The molecule has 2 N–H and O–H groups in total. The number of carbonyl (C=O) groups excluding carboxylic acids is 2. The fraction of sp³-hybridized carbons (Fsp3) is 0.250. The van der Waals surface area contributed by atoms with Crippen molar-refractivity contribution >= 4 is 29.2 Å². The van der Waals surface area contributed by atoms with Gasteiger partial charge in [-0.3, -0.25) is 4.79 Å². The molecule has 3 rings (SSSR count). The van der Waals surface area contributed by atoms with E-state index in [1.54, 1.807) is 24.3 Å². The second-order valence-corrected chi connectivity index (χ2v) is 6.72. The maximum absolute atomic E-state index is 12.5. The number of urea groups is 1. The van der Waals surface area contributed by atoms with Gasteiger partial charge in [-0.15, -0.1) is 0 Å². The first kappa shape index (κ1) is 18.7. The summed E-state index contributed by atoms with van der Waals surface area (Å²) in [6, 6.07) is 13.5. The minimum Gasteiger partial charge on any atom is -0.339 e. The number of carbonyl (C=O) groups is 2. The van der Waals surface area contributed by atoms with Crippen molar-refractivity contribution in [3.05, 3.63) is 64.2 Å². The van der Waals surface area contributed by atoms with Crippen molar-refractivity contribution in [2.45, 2.75) is 19.4 Å². The first-order valence-electron chi connectivity index (χ1n) is 8.69. The molecule has 27 heavy (non-hydrogen) atoms. The van der Waals surface area contributed by atoms with Crippen LogP contribution in [0.15, 0.2) is 42.5 Å². The lowest BCUT2D eigenvalue weighted by molar-refractivity contribution is 0.0792. The Morgan fingerprint density at radius 1 is 1.15 bits per heavy atom. The number of likely N-dealkylation sites (tertiary alicyclic amines) is 1. The molecule has 2 aromatic rings. The summed E-state index contributed by atoms with van der Waals surface area (Å²) in [6.45, 7) is 1.89. The second-order valence-electron chi connectivity index (χ2n) is 6.31. The van der Waals surface area contributed by atoms with Crippen molar-refractivity contribution in [2.75, 3.05) is 18.4 Å². The molecular formula is C20H19ClN4O2. The lowest BCUT2D eigenvalue weighted by Gasteiger charge is -2.15. The molecule has 0 saturated carbocycles. The van der Waals surface area contributed by atoms with Gasteiger partial charge in [-0.2, -0.15) is 5.26 Å². The number of nitrogens with zero attached hydrogens (tertiary/aromatic N) is 2. The van der Waals surface area contributed by atoms with E-state index in [9.17, 15) is 9.59 Å². The van der Waals surface area contributed by atoms with Crippen LogP contribution < -0.4 is 10.6 Å². The summed E-state index contributed by atoms with van der Waals surface area (Å²) in [5.74, 6) is 0.0334. The molecule has 0 bridgehead atoms. The summed E-state index contributed by atoms with van der Waals surface area (Å²) in [5, 5.41) is 14.6. The third-order valence-electron chi connectivity index (χ3n) is 4.37. The van der Waals surface area contributed by atoms with Crippen molar-refractivity contribution in [1.29, 1.82) is 5.26 Å². The highest BCUT2D eigenvalue weighted by Gasteiger charge is 2.19. The van der Waals surface area contributed by atoms with E-state index in [0.717, 1.165) is 31.5 Å². The van der Waals surface area contributed by atoms with E-state index in [1.807, 2.05) is 23.1 Å². The van der Waals surface area contributed by atoms with Gasteiger partial charge in [-0.25, -0.2) is 4.79 Å². The lowest BCUT2D eigenvalue weighted by Crippen LogP contribution is -2.29. The first-order valence-corrected chi connectivity index (χ1v) is 9.07. The minimum atomic E-state index is -0.396. The molecule has 0 aliphatic carbocycles. The van der Waals surface area contributed by atoms with Gasteiger partial charge in [0.05, 0.1) is 10.6 Å². The van der Waals surface area contributed by atoms with Crippen molar-refractivity contribution < 1.29 is 9.59 Å². The first-order chi connectivity index (χ1) is 13.1. The van der Waals surface area contributed by atoms with Gasteiger partial charge in [-0.05, 0) is 48.7 Å². The van der Waals surface area contributed by atoms with E-state index in [2.05, 4.69) is 10.6 Å². The molecule has 2 aromatic carbocycles. The van der Waals surface area contributed by atoms with Crippen LogP contribution in [0.25, 0.3) is 0 Å². The summed E-state index contributed by atoms with van der Waals surface area (Å²) in [6.07, 6.45) is 2.10. The number of anilines is 1. The number of nitriles is 1. The molecule has 1 saturated heterocycles. The third-order valence-corrected chi connectivity index (χ3v) is 4.68. The Morgan fingerprint density at radius 3 is 2.63 bits per heavy atom. The Labute approximate surface area is 162 Å². The zero-order valence-electron chi connectivity index (χ0n) is 14.7. The standard InChI is InChI=1S/C20H19ClN4O2/c21-18-11-17(7-6-16(18)12-22)24-20(27)23-13-14-4-3-5-15(10-14)19(26)25-8-1-2-9-25/h3-7,10-11H,1-2,8-9,13H2,(H2,23,24,27). The molecule has 1 fully saturated rings. The van der Waals surface area contributed by atoms with Crippen molar-refractivity contribution in [3.8, 4) is 6.07 Å². The molecule has 7 heteroatoms. The maximum Gasteiger partial charge on any atom is 0.319 e. The molecule has 6 nitrogen and oxygen atoms in total. The van der Waals surface area contributed by atoms with E-state index in [4.69, 9.17) is 16.9 Å². The van der Waals surface area contributed by atoms with E-state index >= 15 is 0 Å². The van der Waals surface area contributed by atoms with E-state index in [0.29, 0.717) is 16.8 Å². The van der Waals surface area contributed by atoms with E-state index < -0.39 is 6.03 Å². The van der Waals surface area contributed by atoms with Gasteiger partial charge >= 0.3 is 6.03 Å². The molecule has 0 atom stereocenters. The summed E-state index contributed by atoms with van der Waals surface area (Å²) < 4.78 is 0. The fourth-order valence-corrected chi connectivity index (χ4v) is 3.18. The van der Waals surface area contributed by atoms with E-state index in [-0.39, 0.29) is 17.5 Å². The van der Waals surface area contributed by atoms with Crippen LogP contribution in [0.1, 0.15) is 34.3 Å². The SMILES string of the molecule is N#Cc1ccc(NC(=O)NCc2cccc(C(=O)N3CCCC3)c2)cc1Cl. The largest absolute Gasteiger partial charge is 0.339 e. The van der Waals surface area contributed by atoms with Crippen molar-refractivity contribution in [2.24, 2.45) is 0 Å². The van der Waals surface area contributed by atoms with E-state index in [1.165, 1.54) is 6.07 Å². The highest BCUT2D eigenvalue weighted by atomic mass is 35.5. The van der Waals surface area contributed by atoms with Crippen molar-refractivity contribution in [3.63, 3.8) is 0 Å². The molecule has 138 valence electrons. The Bertz CT molecular complexity index is 901. The average molecular weight is 383 g/mol. The Morgan fingerprint density at radius 2 is 1.93 bits per heavy atom. The molecule has 3 amide bonds. The molecule has 0 radical (unpaired) electrons. The molecule has 0 spiro atoms. The predicted molar refractivity (Wildman–Crippen MR) is 104 cm³/mol. The molecule has 1 heterocycles. The van der Waals surface area contributed by atoms with Crippen LogP contribution in [0.2, 0.25) is 5.02 Å². The van der Waals surface area contributed by atoms with Gasteiger partial charge in [0.25, 0.3) is 5.91 Å². The maximum atomic E-state index is 12.5. The van der Waals surface area contributed by atoms with Crippen LogP contribution in [0.3, 0.4) is 0 Å². The van der Waals surface area contributed by atoms with Gasteiger partial charge in [0, 0.05) is 30.9 Å². The normalized spacial score (nSPS) is 13.1. The fourth-order valence-electron chi connectivity index (χ4n) is 2.96. The van der Waals surface area contributed by atoms with Gasteiger partial charge in [0.2, 0.25) is 0 Å². The van der Waals surface area contributed by atoms with Gasteiger partial charge in [0.15, 0.2) is 0 Å². The molecule has 0 unspecified atom stereocenters. The van der Waals surface area contributed by atoms with Crippen molar-refractivity contribution in [1.82, 2.24) is 10.2 Å². The number of benzene rings is 2. The van der Waals surface area contributed by atoms with Crippen LogP contribution in [0.4, 0.5) is 10.5 Å². The average Bonchev–Trinajstić information content (AvgIpc) is 3.21. The van der Waals surface area contributed by atoms with Crippen LogP contribution >= 0.6 is 11.6 Å². The lowest BCUT2D eigenvalue weighted by atomic mass is 10.1. The highest BCUT2D eigenvalue weighted by molar-refractivity contribution is 6.32. The molecule has 1 aliphatic rings. The smallest absolute Gasteiger partial charge is 0.319 e. The minimum absolute atomic E-state index is 0.0334. The monoisotopic (exact) mass is 382 g/mol. The molecule has 1 aliphatic heterocycles. The summed E-state index contributed by atoms with van der Waals surface area (Å²) in [5.41, 5.74) is 2.32. The van der Waals surface area contributed by atoms with Gasteiger partial charge in [-0.1, -0.05) is 23.7 Å². The van der Waals surface area contributed by atoms with Crippen LogP contribution in [-0.4, -0.2) is 29.9 Å². The number of rotatable bonds is 4. The molecular weight excluding hydrogens is 364 g/mol. The number of halogens is 1. The highest BCUT2D eigenvalue weighted by Crippen LogP contribution is 2.20. The second kappa shape index (κ2) is 8.56. The zero-order valence-corrected chi connectivity index (χ0v) is 15.4. The van der Waals surface area contributed by atoms with Gasteiger partial charge < -0.3 is 15.5 Å². The Balaban J connectivity index is 1.57. The Kier molecular flexibility index (Phi) is 5.94. The quantitative estimate of drug-likeness (QED) is 0.844. The predicted octanol–water partition coefficient (Wildman–Crippen LogP) is 3.77. The summed E-state index contributed by atoms with van der Waals surface area (Å²) in [7, 11) is 0. The summed E-state index contributed by atoms with van der Waals surface area (Å²) in [4.78, 5) is 26.4. The number of hydrogen-bond acceptors (Lipinski definition) is 3. The zero-order chi connectivity index (χ0) is 19.2.